The van der Waals surface area contributed by atoms with Crippen LogP contribution in [0.4, 0.5) is 0 Å². The molecule has 1 nitrogen and oxygen atoms in total. The molecule has 0 spiro atoms. The Morgan fingerprint density at radius 1 is 0.800 bits per heavy atom. The molecule has 0 aromatic carbocycles. The fourth-order valence-corrected chi connectivity index (χ4v) is 0.321. The molecule has 10 heavy (non-hydrogen) atoms. The molecular formula is C8H15LiN. The fourth-order valence-electron chi connectivity index (χ4n) is 0.321. The molecule has 1 rings (SSSR count). The molecule has 0 atom stereocenters. The summed E-state index contributed by atoms with van der Waals surface area (Å²) in [5.74, 6) is 0. The molecule has 0 fully saturated rings. The molecular weight excluding hydrogens is 117 g/mol. The third kappa shape index (κ3) is 15.7. The van der Waals surface area contributed by atoms with Gasteiger partial charge in [0, 0.05) is 6.42 Å². The molecule has 0 saturated heterocycles. The van der Waals surface area contributed by atoms with E-state index >= 15 is 0 Å². The van der Waals surface area contributed by atoms with E-state index < -0.39 is 0 Å². The monoisotopic (exact) mass is 132 g/mol. The Balaban J connectivity index is 0. The molecule has 0 N–H and O–H groups in total. The molecule has 0 heterocycles. The molecule has 0 amide bonds. The van der Waals surface area contributed by atoms with Crippen LogP contribution in [0.3, 0.4) is 0 Å². The van der Waals surface area contributed by atoms with E-state index in [9.17, 15) is 0 Å². The Labute approximate surface area is 76.0 Å². The van der Waals surface area contributed by atoms with Crippen molar-refractivity contribution in [1.82, 2.24) is 4.90 Å². The van der Waals surface area contributed by atoms with Crippen molar-refractivity contribution >= 4 is 18.9 Å². The Morgan fingerprint density at radius 3 is 1.20 bits per heavy atom. The van der Waals surface area contributed by atoms with E-state index in [1.54, 1.807) is 0 Å². The van der Waals surface area contributed by atoms with Gasteiger partial charge in [-0.2, -0.15) is 0 Å². The van der Waals surface area contributed by atoms with Crippen molar-refractivity contribution in [2.45, 2.75) is 0 Å². The van der Waals surface area contributed by atoms with Gasteiger partial charge in [0.2, 0.25) is 0 Å². The molecule has 1 aliphatic rings. The molecule has 0 aromatic rings. The van der Waals surface area contributed by atoms with Crippen LogP contribution in [0, 0.1) is 6.42 Å². The zero-order valence-corrected chi connectivity index (χ0v) is 6.33. The number of rotatable bonds is 0. The van der Waals surface area contributed by atoms with Crippen molar-refractivity contribution in [2.24, 2.45) is 0 Å². The van der Waals surface area contributed by atoms with E-state index in [4.69, 9.17) is 0 Å². The number of hydrogen-bond acceptors (Lipinski definition) is 1. The fraction of sp³-hybridized carbons (Fsp3) is 0.375. The summed E-state index contributed by atoms with van der Waals surface area (Å²) in [4.78, 5) is 2.00. The minimum absolute atomic E-state index is 0. The first kappa shape index (κ1) is 12.7. The van der Waals surface area contributed by atoms with Crippen molar-refractivity contribution in [3.05, 3.63) is 30.7 Å². The van der Waals surface area contributed by atoms with Crippen molar-refractivity contribution in [2.75, 3.05) is 21.1 Å². The molecule has 0 saturated carbocycles. The zero-order valence-electron chi connectivity index (χ0n) is 6.33. The van der Waals surface area contributed by atoms with Crippen LogP contribution >= 0.6 is 0 Å². The van der Waals surface area contributed by atoms with Gasteiger partial charge in [-0.05, 0) is 21.1 Å². The third-order valence-electron chi connectivity index (χ3n) is 0.556. The molecule has 0 aliphatic heterocycles. The standard InChI is InChI=1S/C5H5.C3H9N.Li.H/c1-2-4-5-3-1;1-4(2)3;;/h1-5H;1-3H3;;. The summed E-state index contributed by atoms with van der Waals surface area (Å²) in [5, 5.41) is 0. The van der Waals surface area contributed by atoms with Gasteiger partial charge in [-0.15, -0.1) is 0 Å². The number of hydrogen-bond donors (Lipinski definition) is 0. The van der Waals surface area contributed by atoms with Crippen LogP contribution in [0.15, 0.2) is 24.3 Å². The van der Waals surface area contributed by atoms with E-state index in [-0.39, 0.29) is 18.9 Å². The second-order valence-electron chi connectivity index (χ2n) is 2.30. The average molecular weight is 132 g/mol. The van der Waals surface area contributed by atoms with Gasteiger partial charge < -0.3 is 4.90 Å². The van der Waals surface area contributed by atoms with E-state index in [0.717, 1.165) is 0 Å². The SMILES string of the molecule is CN(C)C.[CH]1C=CC=C1.[LiH]. The summed E-state index contributed by atoms with van der Waals surface area (Å²) < 4.78 is 0. The maximum atomic E-state index is 2.00. The van der Waals surface area contributed by atoms with Crippen LogP contribution in [0.5, 0.6) is 0 Å². The minimum atomic E-state index is 0. The van der Waals surface area contributed by atoms with Crippen molar-refractivity contribution < 1.29 is 0 Å². The molecule has 1 radical (unpaired) electrons. The van der Waals surface area contributed by atoms with Crippen molar-refractivity contribution in [3.63, 3.8) is 0 Å². The topological polar surface area (TPSA) is 3.24 Å². The predicted molar refractivity (Wildman–Crippen MR) is 49.3 cm³/mol. The Morgan fingerprint density at radius 2 is 1.10 bits per heavy atom. The third-order valence-corrected chi connectivity index (χ3v) is 0.556. The molecule has 0 bridgehead atoms. The van der Waals surface area contributed by atoms with Gasteiger partial charge in [0.15, 0.2) is 0 Å². The Bertz CT molecular complexity index is 93.1. The molecule has 53 valence electrons. The van der Waals surface area contributed by atoms with Gasteiger partial charge in [0.25, 0.3) is 0 Å². The summed E-state index contributed by atoms with van der Waals surface area (Å²) in [6.45, 7) is 0. The second kappa shape index (κ2) is 9.04. The normalized spacial score (nSPS) is 12.4. The van der Waals surface area contributed by atoms with E-state index in [2.05, 4.69) is 0 Å². The predicted octanol–water partition coefficient (Wildman–Crippen LogP) is 0.846. The van der Waals surface area contributed by atoms with Gasteiger partial charge in [0.1, 0.15) is 0 Å². The van der Waals surface area contributed by atoms with E-state index in [0.29, 0.717) is 0 Å². The molecule has 0 aromatic heterocycles. The first-order valence-corrected chi connectivity index (χ1v) is 3.01. The zero-order chi connectivity index (χ0) is 7.11. The summed E-state index contributed by atoms with van der Waals surface area (Å²) >= 11 is 0. The van der Waals surface area contributed by atoms with Gasteiger partial charge in [-0.25, -0.2) is 0 Å². The van der Waals surface area contributed by atoms with Crippen molar-refractivity contribution in [3.8, 4) is 0 Å². The van der Waals surface area contributed by atoms with Crippen LogP contribution in [0.2, 0.25) is 0 Å². The quantitative estimate of drug-likeness (QED) is 0.441. The summed E-state index contributed by atoms with van der Waals surface area (Å²) in [5.41, 5.74) is 0. The van der Waals surface area contributed by atoms with Crippen LogP contribution in [0.25, 0.3) is 0 Å². The Hall–Kier alpha value is 0.0374. The van der Waals surface area contributed by atoms with Gasteiger partial charge in [-0.3, -0.25) is 0 Å². The van der Waals surface area contributed by atoms with Gasteiger partial charge in [-0.1, -0.05) is 24.3 Å². The Kier molecular flexibility index (Phi) is 11.5. The number of nitrogens with zero attached hydrogens (tertiary/aromatic N) is 1. The van der Waals surface area contributed by atoms with E-state index in [1.807, 2.05) is 56.8 Å². The average Bonchev–Trinajstić information content (AvgIpc) is 2.11. The molecule has 1 aliphatic carbocycles. The first-order valence-electron chi connectivity index (χ1n) is 3.01. The van der Waals surface area contributed by atoms with E-state index in [1.165, 1.54) is 0 Å². The summed E-state index contributed by atoms with van der Waals surface area (Å²) in [7, 11) is 6.00. The molecule has 0 unspecified atom stereocenters. The first-order chi connectivity index (χ1) is 4.23. The van der Waals surface area contributed by atoms with Crippen LogP contribution in [0.1, 0.15) is 0 Å². The maximum absolute atomic E-state index is 2.00. The van der Waals surface area contributed by atoms with Gasteiger partial charge >= 0.3 is 18.9 Å². The summed E-state index contributed by atoms with van der Waals surface area (Å²) in [6.07, 6.45) is 10.0. The molecule has 2 heteroatoms. The van der Waals surface area contributed by atoms with Crippen LogP contribution < -0.4 is 0 Å². The summed E-state index contributed by atoms with van der Waals surface area (Å²) in [6, 6.07) is 0. The van der Waals surface area contributed by atoms with Crippen LogP contribution in [-0.4, -0.2) is 44.9 Å². The number of allylic oxidation sites excluding steroid dienone is 4. The van der Waals surface area contributed by atoms with Gasteiger partial charge in [0.05, 0.1) is 0 Å². The van der Waals surface area contributed by atoms with Crippen LogP contribution in [-0.2, 0) is 0 Å². The second-order valence-corrected chi connectivity index (χ2v) is 2.30. The van der Waals surface area contributed by atoms with Crippen molar-refractivity contribution in [1.29, 1.82) is 0 Å².